The van der Waals surface area contributed by atoms with E-state index in [1.807, 2.05) is 6.92 Å². The van der Waals surface area contributed by atoms with E-state index >= 15 is 0 Å². The smallest absolute Gasteiger partial charge is 0.265 e. The number of rotatable bonds is 4. The Bertz CT molecular complexity index is 931. The molecule has 0 spiro atoms. The van der Waals surface area contributed by atoms with Crippen molar-refractivity contribution < 1.29 is 13.2 Å². The second kappa shape index (κ2) is 5.62. The minimum atomic E-state index is -3.74. The zero-order valence-electron chi connectivity index (χ0n) is 14.1. The average Bonchev–Trinajstić information content (AvgIpc) is 2.93. The van der Waals surface area contributed by atoms with Crippen LogP contribution in [0.15, 0.2) is 23.1 Å². The van der Waals surface area contributed by atoms with Gasteiger partial charge in [0.25, 0.3) is 10.0 Å². The number of carbonyl (C=O) groups is 1. The summed E-state index contributed by atoms with van der Waals surface area (Å²) >= 11 is 0. The van der Waals surface area contributed by atoms with Crippen LogP contribution in [0.2, 0.25) is 0 Å². The number of fused-ring (bicyclic) bond motifs is 1. The number of hydrogen-bond donors (Lipinski definition) is 1. The molecule has 1 N–H and O–H groups in total. The monoisotopic (exact) mass is 348 g/mol. The third-order valence-corrected chi connectivity index (χ3v) is 5.93. The van der Waals surface area contributed by atoms with Gasteiger partial charge in [-0.15, -0.1) is 0 Å². The summed E-state index contributed by atoms with van der Waals surface area (Å²) in [5.74, 6) is 0.0338. The molecule has 0 atom stereocenters. The van der Waals surface area contributed by atoms with Gasteiger partial charge in [0.1, 0.15) is 4.90 Å². The summed E-state index contributed by atoms with van der Waals surface area (Å²) in [5, 5.41) is 4.15. The molecule has 3 rings (SSSR count). The van der Waals surface area contributed by atoms with Gasteiger partial charge in [0, 0.05) is 25.0 Å². The molecule has 8 heteroatoms. The minimum absolute atomic E-state index is 0.0338. The molecule has 0 bridgehead atoms. The highest BCUT2D eigenvalue weighted by Crippen LogP contribution is 2.32. The van der Waals surface area contributed by atoms with Crippen molar-refractivity contribution in [2.75, 3.05) is 16.2 Å². The van der Waals surface area contributed by atoms with Crippen LogP contribution in [0.25, 0.3) is 0 Å². The molecule has 0 saturated carbocycles. The molecule has 1 aromatic heterocycles. The fourth-order valence-corrected chi connectivity index (χ4v) is 4.63. The van der Waals surface area contributed by atoms with Crippen LogP contribution in [-0.2, 0) is 28.3 Å². The molecule has 0 radical (unpaired) electrons. The Morgan fingerprint density at radius 1 is 1.29 bits per heavy atom. The summed E-state index contributed by atoms with van der Waals surface area (Å²) in [6.07, 6.45) is 0.295. The van der Waals surface area contributed by atoms with E-state index in [1.165, 1.54) is 0 Å². The van der Waals surface area contributed by atoms with E-state index in [1.54, 1.807) is 48.7 Å². The van der Waals surface area contributed by atoms with Crippen LogP contribution in [-0.4, -0.2) is 30.7 Å². The number of nitrogens with zero attached hydrogens (tertiary/aromatic N) is 3. The number of anilines is 2. The second-order valence-corrected chi connectivity index (χ2v) is 7.51. The fraction of sp³-hybridized carbons (Fsp3) is 0.375. The number of hydrogen-bond acceptors (Lipinski definition) is 4. The van der Waals surface area contributed by atoms with Crippen LogP contribution in [0.1, 0.15) is 23.9 Å². The highest BCUT2D eigenvalue weighted by Gasteiger charge is 2.28. The van der Waals surface area contributed by atoms with Crippen molar-refractivity contribution in [2.24, 2.45) is 7.05 Å². The number of likely N-dealkylation sites (N-methyl/N-ethyl adjacent to an activating group) is 1. The lowest BCUT2D eigenvalue weighted by molar-refractivity contribution is -0.117. The maximum atomic E-state index is 12.7. The van der Waals surface area contributed by atoms with Crippen LogP contribution >= 0.6 is 0 Å². The molecule has 1 aliphatic heterocycles. The number of carbonyl (C=O) groups excluding carboxylic acids is 1. The van der Waals surface area contributed by atoms with Gasteiger partial charge in [0.05, 0.1) is 17.8 Å². The summed E-state index contributed by atoms with van der Waals surface area (Å²) in [6.45, 7) is 5.90. The van der Waals surface area contributed by atoms with E-state index in [2.05, 4.69) is 9.82 Å². The van der Waals surface area contributed by atoms with Gasteiger partial charge in [0.15, 0.2) is 0 Å². The first-order valence-electron chi connectivity index (χ1n) is 7.71. The number of aromatic nitrogens is 2. The summed E-state index contributed by atoms with van der Waals surface area (Å²) in [6, 6.07) is 5.19. The summed E-state index contributed by atoms with van der Waals surface area (Å²) in [5.41, 5.74) is 3.16. The predicted octanol–water partition coefficient (Wildman–Crippen LogP) is 1.75. The second-order valence-electron chi connectivity index (χ2n) is 5.89. The summed E-state index contributed by atoms with van der Waals surface area (Å²) in [4.78, 5) is 13.8. The fourth-order valence-electron chi connectivity index (χ4n) is 3.14. The van der Waals surface area contributed by atoms with Gasteiger partial charge in [-0.2, -0.15) is 5.10 Å². The lowest BCUT2D eigenvalue weighted by atomic mass is 10.1. The topological polar surface area (TPSA) is 84.3 Å². The Labute approximate surface area is 141 Å². The quantitative estimate of drug-likeness (QED) is 0.912. The van der Waals surface area contributed by atoms with Crippen LogP contribution in [0.4, 0.5) is 11.4 Å². The predicted molar refractivity (Wildman–Crippen MR) is 91.7 cm³/mol. The Kier molecular flexibility index (Phi) is 3.87. The molecule has 0 aliphatic carbocycles. The van der Waals surface area contributed by atoms with E-state index in [0.29, 0.717) is 30.0 Å². The maximum Gasteiger partial charge on any atom is 0.265 e. The van der Waals surface area contributed by atoms with Crippen LogP contribution in [0.3, 0.4) is 0 Å². The first-order chi connectivity index (χ1) is 11.2. The minimum Gasteiger partial charge on any atom is -0.312 e. The molecular formula is C16H20N4O3S. The van der Waals surface area contributed by atoms with E-state index in [-0.39, 0.29) is 10.8 Å². The van der Waals surface area contributed by atoms with Gasteiger partial charge in [-0.05, 0) is 44.5 Å². The van der Waals surface area contributed by atoms with Crippen molar-refractivity contribution in [2.45, 2.75) is 32.1 Å². The third kappa shape index (κ3) is 2.56. The molecule has 1 amide bonds. The first kappa shape index (κ1) is 16.5. The molecule has 0 saturated heterocycles. The molecule has 1 aromatic carbocycles. The van der Waals surface area contributed by atoms with E-state index in [4.69, 9.17) is 0 Å². The summed E-state index contributed by atoms with van der Waals surface area (Å²) in [7, 11) is -2.03. The van der Waals surface area contributed by atoms with Crippen molar-refractivity contribution in [3.8, 4) is 0 Å². The van der Waals surface area contributed by atoms with E-state index in [0.717, 1.165) is 11.3 Å². The molecule has 1 aliphatic rings. The molecule has 128 valence electrons. The zero-order valence-corrected chi connectivity index (χ0v) is 14.9. The Morgan fingerprint density at radius 2 is 2.00 bits per heavy atom. The highest BCUT2D eigenvalue weighted by atomic mass is 32.2. The summed E-state index contributed by atoms with van der Waals surface area (Å²) < 4.78 is 29.5. The van der Waals surface area contributed by atoms with E-state index < -0.39 is 10.0 Å². The van der Waals surface area contributed by atoms with Crippen molar-refractivity contribution in [3.63, 3.8) is 0 Å². The maximum absolute atomic E-state index is 12.7. The number of amides is 1. The number of aryl methyl sites for hydroxylation is 2. The standard InChI is InChI=1S/C16H20N4O3S/c1-5-20-14-7-6-13(8-12(14)9-15(20)21)18-24(22,23)16-10(2)17-19(4)11(16)3/h6-8,18H,5,9H2,1-4H3. The molecule has 0 unspecified atom stereocenters. The van der Waals surface area contributed by atoms with Gasteiger partial charge < -0.3 is 4.90 Å². The normalized spacial score (nSPS) is 14.2. The number of nitrogens with one attached hydrogen (secondary N) is 1. The van der Waals surface area contributed by atoms with Gasteiger partial charge in [-0.1, -0.05) is 0 Å². The Morgan fingerprint density at radius 3 is 2.58 bits per heavy atom. The van der Waals surface area contributed by atoms with E-state index in [9.17, 15) is 13.2 Å². The van der Waals surface area contributed by atoms with Crippen molar-refractivity contribution in [3.05, 3.63) is 35.2 Å². The zero-order chi connectivity index (χ0) is 17.6. The van der Waals surface area contributed by atoms with Gasteiger partial charge >= 0.3 is 0 Å². The van der Waals surface area contributed by atoms with Crippen molar-refractivity contribution in [1.29, 1.82) is 0 Å². The molecule has 24 heavy (non-hydrogen) atoms. The first-order valence-corrected chi connectivity index (χ1v) is 9.19. The molecule has 2 heterocycles. The van der Waals surface area contributed by atoms with Gasteiger partial charge in [-0.25, -0.2) is 8.42 Å². The van der Waals surface area contributed by atoms with Crippen molar-refractivity contribution in [1.82, 2.24) is 9.78 Å². The molecule has 0 fully saturated rings. The lowest BCUT2D eigenvalue weighted by Crippen LogP contribution is -2.25. The largest absolute Gasteiger partial charge is 0.312 e. The average molecular weight is 348 g/mol. The van der Waals surface area contributed by atoms with Gasteiger partial charge in [0.2, 0.25) is 5.91 Å². The molecular weight excluding hydrogens is 328 g/mol. The molecule has 7 nitrogen and oxygen atoms in total. The van der Waals surface area contributed by atoms with Crippen LogP contribution in [0.5, 0.6) is 0 Å². The SMILES string of the molecule is CCN1C(=O)Cc2cc(NS(=O)(=O)c3c(C)nn(C)c3C)ccc21. The van der Waals surface area contributed by atoms with Gasteiger partial charge in [-0.3, -0.25) is 14.2 Å². The number of sulfonamides is 1. The lowest BCUT2D eigenvalue weighted by Gasteiger charge is -2.15. The molecule has 2 aromatic rings. The van der Waals surface area contributed by atoms with Crippen molar-refractivity contribution >= 4 is 27.3 Å². The van der Waals surface area contributed by atoms with Crippen LogP contribution < -0.4 is 9.62 Å². The Hall–Kier alpha value is -2.35. The highest BCUT2D eigenvalue weighted by molar-refractivity contribution is 7.92. The third-order valence-electron chi connectivity index (χ3n) is 4.29. The Balaban J connectivity index is 1.95. The van der Waals surface area contributed by atoms with Crippen LogP contribution in [0, 0.1) is 13.8 Å². The number of benzene rings is 1.